The Morgan fingerprint density at radius 2 is 1.63 bits per heavy atom. The number of ether oxygens (including phenoxy) is 1. The van der Waals surface area contributed by atoms with Crippen LogP contribution in [0.3, 0.4) is 0 Å². The van der Waals surface area contributed by atoms with E-state index in [1.807, 2.05) is 30.3 Å². The van der Waals surface area contributed by atoms with Gasteiger partial charge in [0, 0.05) is 27.2 Å². The number of aryl methyl sites for hydroxylation is 2. The van der Waals surface area contributed by atoms with E-state index < -0.39 is 0 Å². The summed E-state index contributed by atoms with van der Waals surface area (Å²) in [5.74, 6) is 0.558. The third kappa shape index (κ3) is 3.53. The monoisotopic (exact) mass is 413 g/mol. The molecule has 5 rings (SSSR count). The molecule has 0 saturated carbocycles. The van der Waals surface area contributed by atoms with E-state index in [0.717, 1.165) is 29.5 Å². The molecule has 3 nitrogen and oxygen atoms in total. The molecule has 0 fully saturated rings. The van der Waals surface area contributed by atoms with Crippen LogP contribution in [0.25, 0.3) is 10.8 Å². The lowest BCUT2D eigenvalue weighted by molar-refractivity contribution is 0.102. The van der Waals surface area contributed by atoms with Crippen molar-refractivity contribution in [2.45, 2.75) is 19.4 Å². The minimum Gasteiger partial charge on any atom is -0.489 e. The van der Waals surface area contributed by atoms with Gasteiger partial charge in [-0.3, -0.25) is 4.79 Å². The SMILES string of the molecule is O=C(Nc1ccc2c3c(cccc13)CC2)c1ccc(OCc2ccccc2Cl)cc1. The molecule has 1 aliphatic carbocycles. The number of benzene rings is 4. The van der Waals surface area contributed by atoms with Gasteiger partial charge in [0.2, 0.25) is 0 Å². The summed E-state index contributed by atoms with van der Waals surface area (Å²) in [5.41, 5.74) is 5.08. The molecular weight excluding hydrogens is 394 g/mol. The Morgan fingerprint density at radius 1 is 0.867 bits per heavy atom. The molecule has 0 aliphatic heterocycles. The highest BCUT2D eigenvalue weighted by molar-refractivity contribution is 6.31. The highest BCUT2D eigenvalue weighted by Crippen LogP contribution is 2.35. The Morgan fingerprint density at radius 3 is 2.43 bits per heavy atom. The molecule has 0 bridgehead atoms. The molecule has 0 spiro atoms. The standard InChI is InChI=1S/C26H20ClNO2/c27-23-7-2-1-4-20(23)16-30-21-13-10-19(11-14-21)26(29)28-24-15-12-18-9-8-17-5-3-6-22(24)25(17)18/h1-7,10-15H,8-9,16H2,(H,28,29). The maximum absolute atomic E-state index is 12.8. The van der Waals surface area contributed by atoms with Gasteiger partial charge >= 0.3 is 0 Å². The highest BCUT2D eigenvalue weighted by atomic mass is 35.5. The molecule has 0 aromatic heterocycles. The van der Waals surface area contributed by atoms with E-state index >= 15 is 0 Å². The van der Waals surface area contributed by atoms with Crippen LogP contribution in [0.15, 0.2) is 78.9 Å². The van der Waals surface area contributed by atoms with E-state index in [1.165, 1.54) is 16.5 Å². The molecule has 0 saturated heterocycles. The fourth-order valence-electron chi connectivity index (χ4n) is 4.03. The van der Waals surface area contributed by atoms with Crippen molar-refractivity contribution in [3.05, 3.63) is 106 Å². The summed E-state index contributed by atoms with van der Waals surface area (Å²) in [4.78, 5) is 12.8. The van der Waals surface area contributed by atoms with Crippen LogP contribution < -0.4 is 10.1 Å². The fraction of sp³-hybridized carbons (Fsp3) is 0.115. The Hall–Kier alpha value is -3.30. The zero-order valence-corrected chi connectivity index (χ0v) is 17.1. The van der Waals surface area contributed by atoms with Crippen molar-refractivity contribution >= 4 is 34.0 Å². The first-order valence-electron chi connectivity index (χ1n) is 10.00. The molecular formula is C26H20ClNO2. The van der Waals surface area contributed by atoms with Crippen LogP contribution in [-0.2, 0) is 19.4 Å². The van der Waals surface area contributed by atoms with Crippen molar-refractivity contribution in [3.8, 4) is 5.75 Å². The molecule has 0 atom stereocenters. The molecule has 1 N–H and O–H groups in total. The number of rotatable bonds is 5. The molecule has 30 heavy (non-hydrogen) atoms. The second-order valence-electron chi connectivity index (χ2n) is 7.47. The van der Waals surface area contributed by atoms with Crippen molar-refractivity contribution in [1.82, 2.24) is 0 Å². The molecule has 4 aromatic carbocycles. The second-order valence-corrected chi connectivity index (χ2v) is 7.88. The van der Waals surface area contributed by atoms with Gasteiger partial charge in [-0.2, -0.15) is 0 Å². The van der Waals surface area contributed by atoms with Crippen molar-refractivity contribution < 1.29 is 9.53 Å². The molecule has 4 heteroatoms. The summed E-state index contributed by atoms with van der Waals surface area (Å²) in [5, 5.41) is 6.15. The summed E-state index contributed by atoms with van der Waals surface area (Å²) < 4.78 is 5.80. The number of amides is 1. The molecule has 148 valence electrons. The van der Waals surface area contributed by atoms with Crippen LogP contribution in [0.4, 0.5) is 5.69 Å². The van der Waals surface area contributed by atoms with E-state index in [0.29, 0.717) is 22.9 Å². The minimum atomic E-state index is -0.133. The van der Waals surface area contributed by atoms with Gasteiger partial charge in [0.25, 0.3) is 5.91 Å². The molecule has 1 amide bonds. The highest BCUT2D eigenvalue weighted by Gasteiger charge is 2.17. The van der Waals surface area contributed by atoms with Gasteiger partial charge in [-0.25, -0.2) is 0 Å². The second kappa shape index (κ2) is 7.85. The van der Waals surface area contributed by atoms with E-state index in [2.05, 4.69) is 29.6 Å². The maximum atomic E-state index is 12.8. The Bertz CT molecular complexity index is 1240. The Kier molecular flexibility index (Phi) is 4.89. The summed E-state index contributed by atoms with van der Waals surface area (Å²) in [7, 11) is 0. The summed E-state index contributed by atoms with van der Waals surface area (Å²) in [6.07, 6.45) is 2.14. The number of hydrogen-bond acceptors (Lipinski definition) is 2. The van der Waals surface area contributed by atoms with Crippen LogP contribution in [-0.4, -0.2) is 5.91 Å². The Labute approximate surface area is 180 Å². The molecule has 0 unspecified atom stereocenters. The smallest absolute Gasteiger partial charge is 0.255 e. The maximum Gasteiger partial charge on any atom is 0.255 e. The van der Waals surface area contributed by atoms with Gasteiger partial charge in [0.05, 0.1) is 0 Å². The van der Waals surface area contributed by atoms with E-state index in [-0.39, 0.29) is 5.91 Å². The van der Waals surface area contributed by atoms with Crippen LogP contribution in [0, 0.1) is 0 Å². The van der Waals surface area contributed by atoms with Crippen molar-refractivity contribution in [3.63, 3.8) is 0 Å². The van der Waals surface area contributed by atoms with Crippen LogP contribution >= 0.6 is 11.6 Å². The zero-order chi connectivity index (χ0) is 20.5. The fourth-order valence-corrected chi connectivity index (χ4v) is 4.22. The number of carbonyl (C=O) groups is 1. The lowest BCUT2D eigenvalue weighted by Crippen LogP contribution is -2.12. The van der Waals surface area contributed by atoms with Gasteiger partial charge in [-0.05, 0) is 65.8 Å². The lowest BCUT2D eigenvalue weighted by atomic mass is 10.0. The molecule has 0 radical (unpaired) electrons. The van der Waals surface area contributed by atoms with Crippen LogP contribution in [0.5, 0.6) is 5.75 Å². The zero-order valence-electron chi connectivity index (χ0n) is 16.3. The summed E-state index contributed by atoms with van der Waals surface area (Å²) in [6, 6.07) is 25.2. The van der Waals surface area contributed by atoms with Gasteiger partial charge in [-0.15, -0.1) is 0 Å². The third-order valence-corrected chi connectivity index (χ3v) is 5.96. The molecule has 0 heterocycles. The first-order chi connectivity index (χ1) is 14.7. The first-order valence-corrected chi connectivity index (χ1v) is 10.4. The quantitative estimate of drug-likeness (QED) is 0.409. The largest absolute Gasteiger partial charge is 0.489 e. The van der Waals surface area contributed by atoms with Gasteiger partial charge < -0.3 is 10.1 Å². The summed E-state index contributed by atoms with van der Waals surface area (Å²) >= 11 is 6.17. The topological polar surface area (TPSA) is 38.3 Å². The van der Waals surface area contributed by atoms with Gasteiger partial charge in [0.15, 0.2) is 0 Å². The number of halogens is 1. The minimum absolute atomic E-state index is 0.133. The van der Waals surface area contributed by atoms with Crippen molar-refractivity contribution in [2.75, 3.05) is 5.32 Å². The van der Waals surface area contributed by atoms with Crippen LogP contribution in [0.1, 0.15) is 27.0 Å². The lowest BCUT2D eigenvalue weighted by Gasteiger charge is -2.11. The van der Waals surface area contributed by atoms with Crippen molar-refractivity contribution in [1.29, 1.82) is 0 Å². The number of nitrogens with one attached hydrogen (secondary N) is 1. The number of hydrogen-bond donors (Lipinski definition) is 1. The predicted octanol–water partition coefficient (Wildman–Crippen LogP) is 6.42. The number of carbonyl (C=O) groups excluding carboxylic acids is 1. The Balaban J connectivity index is 1.31. The summed E-state index contributed by atoms with van der Waals surface area (Å²) in [6.45, 7) is 0.381. The van der Waals surface area contributed by atoms with Crippen molar-refractivity contribution in [2.24, 2.45) is 0 Å². The normalized spacial score (nSPS) is 12.2. The van der Waals surface area contributed by atoms with Gasteiger partial charge in [-0.1, -0.05) is 54.1 Å². The van der Waals surface area contributed by atoms with E-state index in [1.54, 1.807) is 24.3 Å². The third-order valence-electron chi connectivity index (χ3n) is 5.59. The first kappa shape index (κ1) is 18.7. The number of anilines is 1. The van der Waals surface area contributed by atoms with Crippen LogP contribution in [0.2, 0.25) is 5.02 Å². The van der Waals surface area contributed by atoms with E-state index in [9.17, 15) is 4.79 Å². The molecule has 1 aliphatic rings. The average Bonchev–Trinajstić information content (AvgIpc) is 3.20. The average molecular weight is 414 g/mol. The van der Waals surface area contributed by atoms with Gasteiger partial charge in [0.1, 0.15) is 12.4 Å². The predicted molar refractivity (Wildman–Crippen MR) is 122 cm³/mol. The van der Waals surface area contributed by atoms with E-state index in [4.69, 9.17) is 16.3 Å². The molecule has 4 aromatic rings.